The van der Waals surface area contributed by atoms with E-state index in [1.807, 2.05) is 35.9 Å². The van der Waals surface area contributed by atoms with Crippen LogP contribution >= 0.6 is 0 Å². The lowest BCUT2D eigenvalue weighted by molar-refractivity contribution is 0.0698. The first-order valence-corrected chi connectivity index (χ1v) is 7.17. The average molecular weight is 312 g/mol. The first kappa shape index (κ1) is 14.8. The Bertz CT molecular complexity index is 808. The predicted molar refractivity (Wildman–Crippen MR) is 84.4 cm³/mol. The van der Waals surface area contributed by atoms with Crippen LogP contribution in [0.15, 0.2) is 47.1 Å². The molecule has 0 aliphatic carbocycles. The maximum atomic E-state index is 11.6. The molecule has 7 heteroatoms. The van der Waals surface area contributed by atoms with Gasteiger partial charge in [-0.1, -0.05) is 35.5 Å². The molecule has 118 valence electrons. The van der Waals surface area contributed by atoms with Crippen LogP contribution in [0.1, 0.15) is 16.1 Å². The number of hydrogen-bond donors (Lipinski definition) is 2. The van der Waals surface area contributed by atoms with Gasteiger partial charge in [-0.05, 0) is 13.0 Å². The fraction of sp³-hybridized carbons (Fsp3) is 0.188. The van der Waals surface area contributed by atoms with Crippen LogP contribution in [-0.2, 0) is 6.54 Å². The number of carbonyl (C=O) groups is 1. The van der Waals surface area contributed by atoms with Crippen LogP contribution in [0.4, 0.5) is 5.82 Å². The molecule has 0 amide bonds. The number of carboxylic acid groups (broad SMARTS) is 1. The second kappa shape index (κ2) is 6.35. The van der Waals surface area contributed by atoms with Crippen molar-refractivity contribution in [3.63, 3.8) is 0 Å². The molecule has 3 rings (SSSR count). The summed E-state index contributed by atoms with van der Waals surface area (Å²) in [7, 11) is 0. The molecule has 2 heterocycles. The zero-order valence-electron chi connectivity index (χ0n) is 12.6. The standard InChI is InChI=1S/C16H16N4O3/c1-11-7-8-18-20(11)10-9-17-15-13(16(21)22)14(23-19-15)12-5-3-2-4-6-12/h2-8H,9-10H2,1H3,(H,17,19)(H,21,22). The zero-order chi connectivity index (χ0) is 16.2. The lowest BCUT2D eigenvalue weighted by Crippen LogP contribution is -2.14. The summed E-state index contributed by atoms with van der Waals surface area (Å²) in [5.41, 5.74) is 1.75. The fourth-order valence-corrected chi connectivity index (χ4v) is 2.31. The number of aromatic nitrogens is 3. The summed E-state index contributed by atoms with van der Waals surface area (Å²) in [6.07, 6.45) is 1.72. The Balaban J connectivity index is 1.79. The highest BCUT2D eigenvalue weighted by Gasteiger charge is 2.23. The van der Waals surface area contributed by atoms with Gasteiger partial charge >= 0.3 is 5.97 Å². The third-order valence-corrected chi connectivity index (χ3v) is 3.49. The van der Waals surface area contributed by atoms with Gasteiger partial charge in [-0.25, -0.2) is 4.79 Å². The highest BCUT2D eigenvalue weighted by molar-refractivity contribution is 5.99. The molecule has 23 heavy (non-hydrogen) atoms. The van der Waals surface area contributed by atoms with E-state index in [9.17, 15) is 9.90 Å². The third kappa shape index (κ3) is 3.08. The van der Waals surface area contributed by atoms with Crippen molar-refractivity contribution < 1.29 is 14.4 Å². The molecule has 0 saturated carbocycles. The highest BCUT2D eigenvalue weighted by Crippen LogP contribution is 2.29. The van der Waals surface area contributed by atoms with Gasteiger partial charge in [0, 0.05) is 24.0 Å². The second-order valence-corrected chi connectivity index (χ2v) is 5.03. The molecule has 7 nitrogen and oxygen atoms in total. The molecule has 0 bridgehead atoms. The molecule has 0 saturated heterocycles. The first-order chi connectivity index (χ1) is 11.2. The van der Waals surface area contributed by atoms with Gasteiger partial charge < -0.3 is 14.9 Å². The molecule has 0 aliphatic heterocycles. The van der Waals surface area contributed by atoms with Crippen LogP contribution in [0.2, 0.25) is 0 Å². The van der Waals surface area contributed by atoms with E-state index in [-0.39, 0.29) is 17.1 Å². The number of nitrogens with one attached hydrogen (secondary N) is 1. The Morgan fingerprint density at radius 2 is 2.09 bits per heavy atom. The molecule has 0 atom stereocenters. The van der Waals surface area contributed by atoms with Crippen molar-refractivity contribution in [1.82, 2.24) is 14.9 Å². The van der Waals surface area contributed by atoms with Crippen molar-refractivity contribution in [2.45, 2.75) is 13.5 Å². The number of rotatable bonds is 6. The highest BCUT2D eigenvalue weighted by atomic mass is 16.5. The van der Waals surface area contributed by atoms with Crippen LogP contribution < -0.4 is 5.32 Å². The number of nitrogens with zero attached hydrogens (tertiary/aromatic N) is 3. The van der Waals surface area contributed by atoms with Gasteiger partial charge in [-0.3, -0.25) is 4.68 Å². The first-order valence-electron chi connectivity index (χ1n) is 7.17. The number of carboxylic acids is 1. The number of anilines is 1. The smallest absolute Gasteiger partial charge is 0.343 e. The molecular formula is C16H16N4O3. The van der Waals surface area contributed by atoms with Gasteiger partial charge in [0.15, 0.2) is 17.1 Å². The molecule has 3 aromatic rings. The van der Waals surface area contributed by atoms with E-state index in [0.717, 1.165) is 5.69 Å². The van der Waals surface area contributed by atoms with Gasteiger partial charge in [0.2, 0.25) is 0 Å². The van der Waals surface area contributed by atoms with Crippen molar-refractivity contribution in [2.75, 3.05) is 11.9 Å². The lowest BCUT2D eigenvalue weighted by Gasteiger charge is -2.06. The molecule has 1 aromatic carbocycles. The normalized spacial score (nSPS) is 10.7. The minimum atomic E-state index is -1.08. The minimum Gasteiger partial charge on any atom is -0.477 e. The number of benzene rings is 1. The second-order valence-electron chi connectivity index (χ2n) is 5.03. The maximum absolute atomic E-state index is 11.6. The molecule has 0 unspecified atom stereocenters. The Morgan fingerprint density at radius 1 is 1.30 bits per heavy atom. The largest absolute Gasteiger partial charge is 0.477 e. The summed E-state index contributed by atoms with van der Waals surface area (Å²) >= 11 is 0. The summed E-state index contributed by atoms with van der Waals surface area (Å²) < 4.78 is 7.06. The zero-order valence-corrected chi connectivity index (χ0v) is 12.6. The van der Waals surface area contributed by atoms with Crippen molar-refractivity contribution in [1.29, 1.82) is 0 Å². The van der Waals surface area contributed by atoms with E-state index < -0.39 is 5.97 Å². The van der Waals surface area contributed by atoms with Gasteiger partial charge in [-0.15, -0.1) is 0 Å². The monoisotopic (exact) mass is 312 g/mol. The van der Waals surface area contributed by atoms with E-state index in [1.165, 1.54) is 0 Å². The van der Waals surface area contributed by atoms with Crippen molar-refractivity contribution in [3.8, 4) is 11.3 Å². The number of hydrogen-bond acceptors (Lipinski definition) is 5. The Kier molecular flexibility index (Phi) is 4.09. The van der Waals surface area contributed by atoms with E-state index in [2.05, 4.69) is 15.6 Å². The molecule has 2 aromatic heterocycles. The van der Waals surface area contributed by atoms with Gasteiger partial charge in [0.25, 0.3) is 0 Å². The van der Waals surface area contributed by atoms with Gasteiger partial charge in [0.05, 0.1) is 6.54 Å². The van der Waals surface area contributed by atoms with Crippen LogP contribution in [0.5, 0.6) is 0 Å². The van der Waals surface area contributed by atoms with E-state index in [1.54, 1.807) is 18.3 Å². The van der Waals surface area contributed by atoms with Crippen LogP contribution in [0.25, 0.3) is 11.3 Å². The van der Waals surface area contributed by atoms with Crippen molar-refractivity contribution >= 4 is 11.8 Å². The molecule has 0 fully saturated rings. The van der Waals surface area contributed by atoms with Gasteiger partial charge in [-0.2, -0.15) is 5.10 Å². The maximum Gasteiger partial charge on any atom is 0.343 e. The van der Waals surface area contributed by atoms with Gasteiger partial charge in [0.1, 0.15) is 0 Å². The molecule has 0 radical (unpaired) electrons. The summed E-state index contributed by atoms with van der Waals surface area (Å²) in [4.78, 5) is 11.6. The predicted octanol–water partition coefficient (Wildman–Crippen LogP) is 2.66. The van der Waals surface area contributed by atoms with E-state index >= 15 is 0 Å². The van der Waals surface area contributed by atoms with E-state index in [0.29, 0.717) is 18.7 Å². The molecular weight excluding hydrogens is 296 g/mol. The Morgan fingerprint density at radius 3 is 2.74 bits per heavy atom. The summed E-state index contributed by atoms with van der Waals surface area (Å²) in [6, 6.07) is 11.0. The Hall–Kier alpha value is -3.09. The number of aryl methyl sites for hydroxylation is 1. The van der Waals surface area contributed by atoms with Crippen molar-refractivity contribution in [2.24, 2.45) is 0 Å². The average Bonchev–Trinajstić information content (AvgIpc) is 3.15. The third-order valence-electron chi connectivity index (χ3n) is 3.49. The fourth-order valence-electron chi connectivity index (χ4n) is 2.31. The van der Waals surface area contributed by atoms with Crippen molar-refractivity contribution in [3.05, 3.63) is 53.9 Å². The number of aromatic carboxylic acids is 1. The van der Waals surface area contributed by atoms with Crippen LogP contribution in [0.3, 0.4) is 0 Å². The molecule has 0 spiro atoms. The molecule has 2 N–H and O–H groups in total. The summed E-state index contributed by atoms with van der Waals surface area (Å²) in [5.74, 6) is -0.611. The topological polar surface area (TPSA) is 93.2 Å². The lowest BCUT2D eigenvalue weighted by atomic mass is 10.1. The van der Waals surface area contributed by atoms with E-state index in [4.69, 9.17) is 4.52 Å². The van der Waals surface area contributed by atoms with Crippen LogP contribution in [-0.4, -0.2) is 32.6 Å². The molecule has 0 aliphatic rings. The Labute approximate surface area is 132 Å². The quantitative estimate of drug-likeness (QED) is 0.727. The minimum absolute atomic E-state index is 0.0355. The summed E-state index contributed by atoms with van der Waals surface area (Å²) in [5, 5.41) is 20.5. The SMILES string of the molecule is Cc1ccnn1CCNc1noc(-c2ccccc2)c1C(=O)O. The van der Waals surface area contributed by atoms with Crippen LogP contribution in [0, 0.1) is 6.92 Å². The summed E-state index contributed by atoms with van der Waals surface area (Å²) in [6.45, 7) is 3.05.